The maximum Gasteiger partial charge on any atom is 0.345 e. The third kappa shape index (κ3) is 3.60. The molecule has 0 N–H and O–H groups in total. The molecule has 0 saturated carbocycles. The summed E-state index contributed by atoms with van der Waals surface area (Å²) in [7, 11) is 1.56. The lowest BCUT2D eigenvalue weighted by Crippen LogP contribution is -2.05. The number of ether oxygens (including phenoxy) is 1. The summed E-state index contributed by atoms with van der Waals surface area (Å²) >= 11 is 0. The van der Waals surface area contributed by atoms with Gasteiger partial charge in [0.2, 0.25) is 0 Å². The van der Waals surface area contributed by atoms with Gasteiger partial charge in [0.25, 0.3) is 0 Å². The van der Waals surface area contributed by atoms with Gasteiger partial charge in [-0.3, -0.25) is 0 Å². The van der Waals surface area contributed by atoms with Gasteiger partial charge in [-0.25, -0.2) is 9.78 Å². The van der Waals surface area contributed by atoms with Crippen LogP contribution < -0.4 is 10.4 Å². The molecule has 0 amide bonds. The minimum Gasteiger partial charge on any atom is -0.493 e. The number of hydrogen-bond donors (Lipinski definition) is 0. The first-order chi connectivity index (χ1) is 15.2. The van der Waals surface area contributed by atoms with Crippen molar-refractivity contribution in [1.82, 2.24) is 4.98 Å². The molecule has 0 aliphatic rings. The molecule has 2 aromatic heterocycles. The van der Waals surface area contributed by atoms with Crippen LogP contribution in [0.5, 0.6) is 5.75 Å². The second kappa shape index (κ2) is 7.92. The average molecular weight is 405 g/mol. The SMILES string of the molecule is COc1cccc2cc(-c3cc(-c4ccccc4)cc(-c4ccccc4)n3)c(=O)oc12. The normalized spacial score (nSPS) is 10.9. The summed E-state index contributed by atoms with van der Waals surface area (Å²) in [5.74, 6) is 0.525. The van der Waals surface area contributed by atoms with Gasteiger partial charge in [-0.1, -0.05) is 72.8 Å². The highest BCUT2D eigenvalue weighted by atomic mass is 16.5. The highest BCUT2D eigenvalue weighted by Gasteiger charge is 2.15. The molecule has 0 saturated heterocycles. The summed E-state index contributed by atoms with van der Waals surface area (Å²) in [4.78, 5) is 17.8. The molecule has 5 rings (SSSR count). The predicted molar refractivity (Wildman–Crippen MR) is 123 cm³/mol. The van der Waals surface area contributed by atoms with E-state index in [1.165, 1.54) is 0 Å². The Balaban J connectivity index is 1.76. The zero-order valence-electron chi connectivity index (χ0n) is 16.9. The zero-order valence-corrected chi connectivity index (χ0v) is 16.9. The summed E-state index contributed by atoms with van der Waals surface area (Å²) in [5, 5.41) is 0.780. The van der Waals surface area contributed by atoms with Crippen molar-refractivity contribution >= 4 is 11.0 Å². The van der Waals surface area contributed by atoms with E-state index >= 15 is 0 Å². The van der Waals surface area contributed by atoms with Crippen molar-refractivity contribution in [3.8, 4) is 39.4 Å². The number of benzene rings is 3. The summed E-state index contributed by atoms with van der Waals surface area (Å²) in [6.45, 7) is 0. The topological polar surface area (TPSA) is 52.3 Å². The largest absolute Gasteiger partial charge is 0.493 e. The van der Waals surface area contributed by atoms with Gasteiger partial charge in [0.05, 0.1) is 24.1 Å². The molecule has 150 valence electrons. The zero-order chi connectivity index (χ0) is 21.2. The van der Waals surface area contributed by atoms with Gasteiger partial charge in [0.15, 0.2) is 11.3 Å². The fraction of sp³-hybridized carbons (Fsp3) is 0.0370. The summed E-state index contributed by atoms with van der Waals surface area (Å²) in [6, 6.07) is 31.3. The molecule has 4 nitrogen and oxygen atoms in total. The lowest BCUT2D eigenvalue weighted by atomic mass is 10.00. The Labute approximate surface area is 179 Å². The summed E-state index contributed by atoms with van der Waals surface area (Å²) in [6.07, 6.45) is 0. The molecule has 0 radical (unpaired) electrons. The van der Waals surface area contributed by atoms with Crippen molar-refractivity contribution in [2.24, 2.45) is 0 Å². The number of para-hydroxylation sites is 1. The third-order valence-corrected chi connectivity index (χ3v) is 5.22. The van der Waals surface area contributed by atoms with Gasteiger partial charge in [-0.2, -0.15) is 0 Å². The van der Waals surface area contributed by atoms with E-state index in [2.05, 4.69) is 0 Å². The van der Waals surface area contributed by atoms with E-state index in [4.69, 9.17) is 14.1 Å². The molecule has 31 heavy (non-hydrogen) atoms. The fourth-order valence-electron chi connectivity index (χ4n) is 3.68. The molecule has 0 unspecified atom stereocenters. The van der Waals surface area contributed by atoms with Crippen LogP contribution in [0.3, 0.4) is 0 Å². The van der Waals surface area contributed by atoms with Crippen LogP contribution in [-0.2, 0) is 0 Å². The van der Waals surface area contributed by atoms with E-state index in [-0.39, 0.29) is 0 Å². The maximum atomic E-state index is 12.9. The molecule has 3 aromatic carbocycles. The number of aromatic nitrogens is 1. The molecule has 0 fully saturated rings. The smallest absolute Gasteiger partial charge is 0.345 e. The summed E-state index contributed by atoms with van der Waals surface area (Å²) < 4.78 is 11.0. The number of hydrogen-bond acceptors (Lipinski definition) is 4. The number of pyridine rings is 1. The van der Waals surface area contributed by atoms with Crippen LogP contribution >= 0.6 is 0 Å². The molecule has 0 bridgehead atoms. The maximum absolute atomic E-state index is 12.9. The van der Waals surface area contributed by atoms with E-state index < -0.39 is 5.63 Å². The molecule has 4 heteroatoms. The van der Waals surface area contributed by atoms with Crippen molar-refractivity contribution in [2.75, 3.05) is 7.11 Å². The van der Waals surface area contributed by atoms with Gasteiger partial charge >= 0.3 is 5.63 Å². The van der Waals surface area contributed by atoms with Crippen molar-refractivity contribution in [3.05, 3.63) is 107 Å². The van der Waals surface area contributed by atoms with Gasteiger partial charge in [-0.05, 0) is 35.4 Å². The fourth-order valence-corrected chi connectivity index (χ4v) is 3.68. The van der Waals surface area contributed by atoms with E-state index in [0.29, 0.717) is 22.6 Å². The number of methoxy groups -OCH3 is 1. The third-order valence-electron chi connectivity index (χ3n) is 5.22. The molecular formula is C27H19NO3. The van der Waals surface area contributed by atoms with Crippen molar-refractivity contribution in [1.29, 1.82) is 0 Å². The first-order valence-corrected chi connectivity index (χ1v) is 9.97. The first-order valence-electron chi connectivity index (χ1n) is 9.97. The minimum absolute atomic E-state index is 0.413. The minimum atomic E-state index is -0.450. The molecule has 0 aliphatic heterocycles. The Hall–Kier alpha value is -4.18. The number of rotatable bonds is 4. The standard InChI is InChI=1S/C27H19NO3/c1-30-25-14-8-13-20-15-22(27(29)31-26(20)25)24-17-21(18-9-4-2-5-10-18)16-23(28-24)19-11-6-3-7-12-19/h2-17H,1H3. The van der Waals surface area contributed by atoms with Gasteiger partial charge in [-0.15, -0.1) is 0 Å². The molecular weight excluding hydrogens is 386 g/mol. The van der Waals surface area contributed by atoms with Gasteiger partial charge in [0.1, 0.15) is 0 Å². The van der Waals surface area contributed by atoms with Crippen molar-refractivity contribution < 1.29 is 9.15 Å². The average Bonchev–Trinajstić information content (AvgIpc) is 2.84. The molecule has 0 atom stereocenters. The quantitative estimate of drug-likeness (QED) is 0.334. The van der Waals surface area contributed by atoms with Crippen LogP contribution in [0, 0.1) is 0 Å². The van der Waals surface area contributed by atoms with Crippen LogP contribution in [0.25, 0.3) is 44.6 Å². The monoisotopic (exact) mass is 405 g/mol. The van der Waals surface area contributed by atoms with Crippen molar-refractivity contribution in [3.63, 3.8) is 0 Å². The second-order valence-electron chi connectivity index (χ2n) is 7.18. The Bertz CT molecular complexity index is 1370. The predicted octanol–water partition coefficient (Wildman–Crippen LogP) is 6.20. The molecule has 2 heterocycles. The lowest BCUT2D eigenvalue weighted by molar-refractivity contribution is 0.407. The van der Waals surface area contributed by atoms with Crippen molar-refractivity contribution in [2.45, 2.75) is 0 Å². The van der Waals surface area contributed by atoms with Gasteiger partial charge in [0, 0.05) is 10.9 Å². The second-order valence-corrected chi connectivity index (χ2v) is 7.18. The van der Waals surface area contributed by atoms with E-state index in [1.807, 2.05) is 91.0 Å². The van der Waals surface area contributed by atoms with Crippen LogP contribution in [0.1, 0.15) is 0 Å². The van der Waals surface area contributed by atoms with E-state index in [0.717, 1.165) is 27.8 Å². The number of fused-ring (bicyclic) bond motifs is 1. The Morgan fingerprint density at radius 1 is 0.710 bits per heavy atom. The van der Waals surface area contributed by atoms with Crippen LogP contribution in [0.15, 0.2) is 106 Å². The number of nitrogens with zero attached hydrogens (tertiary/aromatic N) is 1. The van der Waals surface area contributed by atoms with E-state index in [9.17, 15) is 4.79 Å². The highest BCUT2D eigenvalue weighted by Crippen LogP contribution is 2.31. The first kappa shape index (κ1) is 18.8. The molecule has 0 aliphatic carbocycles. The molecule has 0 spiro atoms. The molecule has 5 aromatic rings. The van der Waals surface area contributed by atoms with Crippen LogP contribution in [0.2, 0.25) is 0 Å². The summed E-state index contributed by atoms with van der Waals surface area (Å²) in [5.41, 5.74) is 4.77. The Morgan fingerprint density at radius 3 is 2.10 bits per heavy atom. The van der Waals surface area contributed by atoms with Crippen LogP contribution in [-0.4, -0.2) is 12.1 Å². The Kier molecular flexibility index (Phi) is 4.81. The lowest BCUT2D eigenvalue weighted by Gasteiger charge is -2.10. The Morgan fingerprint density at radius 2 is 1.39 bits per heavy atom. The van der Waals surface area contributed by atoms with E-state index in [1.54, 1.807) is 13.2 Å². The van der Waals surface area contributed by atoms with Crippen LogP contribution in [0.4, 0.5) is 0 Å². The highest BCUT2D eigenvalue weighted by molar-refractivity contribution is 5.86. The van der Waals surface area contributed by atoms with Gasteiger partial charge < -0.3 is 9.15 Å².